The molecule has 1 amide bonds. The number of rotatable bonds is 5. The molecule has 0 aliphatic heterocycles. The van der Waals surface area contributed by atoms with Gasteiger partial charge in [0.25, 0.3) is 0 Å². The van der Waals surface area contributed by atoms with E-state index in [0.717, 1.165) is 0 Å². The van der Waals surface area contributed by atoms with E-state index < -0.39 is 17.6 Å². The second kappa shape index (κ2) is 6.83. The topological polar surface area (TPSA) is 93.2 Å². The molecule has 0 radical (unpaired) electrons. The molecule has 110 valence electrons. The largest absolute Gasteiger partial charge is 0.458 e. The van der Waals surface area contributed by atoms with Crippen molar-refractivity contribution in [2.45, 2.75) is 39.3 Å². The van der Waals surface area contributed by atoms with Crippen molar-refractivity contribution < 1.29 is 14.3 Å². The maximum Gasteiger partial charge on any atom is 0.328 e. The first-order valence-corrected chi connectivity index (χ1v) is 6.31. The first-order valence-electron chi connectivity index (χ1n) is 6.31. The minimum Gasteiger partial charge on any atom is -0.458 e. The third-order valence-electron chi connectivity index (χ3n) is 2.11. The van der Waals surface area contributed by atoms with E-state index in [-0.39, 0.29) is 12.5 Å². The second-order valence-electron chi connectivity index (χ2n) is 5.25. The highest BCUT2D eigenvalue weighted by Crippen LogP contribution is 2.08. The fraction of sp³-hybridized carbons (Fsp3) is 0.538. The summed E-state index contributed by atoms with van der Waals surface area (Å²) in [5.41, 5.74) is -0.577. The predicted molar refractivity (Wildman–Crippen MR) is 74.0 cm³/mol. The van der Waals surface area contributed by atoms with Crippen LogP contribution in [0.5, 0.6) is 0 Å². The van der Waals surface area contributed by atoms with Gasteiger partial charge in [-0.15, -0.1) is 0 Å². The number of anilines is 1. The van der Waals surface area contributed by atoms with E-state index in [1.54, 1.807) is 46.2 Å². The van der Waals surface area contributed by atoms with E-state index >= 15 is 0 Å². The summed E-state index contributed by atoms with van der Waals surface area (Å²) < 4.78 is 5.16. The van der Waals surface area contributed by atoms with Gasteiger partial charge in [0, 0.05) is 12.4 Å². The Morgan fingerprint density at radius 3 is 2.45 bits per heavy atom. The van der Waals surface area contributed by atoms with Gasteiger partial charge in [-0.05, 0) is 33.8 Å². The number of esters is 1. The van der Waals surface area contributed by atoms with Crippen LogP contribution in [0.4, 0.5) is 5.95 Å². The van der Waals surface area contributed by atoms with Gasteiger partial charge in [0.2, 0.25) is 11.9 Å². The van der Waals surface area contributed by atoms with Gasteiger partial charge in [-0.25, -0.2) is 14.8 Å². The lowest BCUT2D eigenvalue weighted by atomic mass is 10.2. The van der Waals surface area contributed by atoms with Crippen molar-refractivity contribution >= 4 is 17.8 Å². The number of aromatic nitrogens is 2. The highest BCUT2D eigenvalue weighted by Gasteiger charge is 2.22. The molecule has 20 heavy (non-hydrogen) atoms. The van der Waals surface area contributed by atoms with Crippen LogP contribution in [-0.4, -0.2) is 40.0 Å². The van der Waals surface area contributed by atoms with Gasteiger partial charge >= 0.3 is 5.97 Å². The van der Waals surface area contributed by atoms with Crippen molar-refractivity contribution in [3.05, 3.63) is 18.5 Å². The highest BCUT2D eigenvalue weighted by molar-refractivity contribution is 5.86. The molecule has 0 fully saturated rings. The Labute approximate surface area is 118 Å². The number of carbonyl (C=O) groups excluding carboxylic acids is 2. The van der Waals surface area contributed by atoms with Crippen LogP contribution in [-0.2, 0) is 14.3 Å². The van der Waals surface area contributed by atoms with E-state index in [9.17, 15) is 9.59 Å². The lowest BCUT2D eigenvalue weighted by Crippen LogP contribution is -2.44. The number of amides is 1. The zero-order valence-electron chi connectivity index (χ0n) is 12.1. The number of nitrogens with one attached hydrogen (secondary N) is 2. The molecule has 0 aromatic carbocycles. The summed E-state index contributed by atoms with van der Waals surface area (Å²) in [6.45, 7) is 6.87. The normalized spacial score (nSPS) is 12.4. The molecule has 1 aromatic heterocycles. The molecule has 1 aromatic rings. The monoisotopic (exact) mass is 280 g/mol. The lowest BCUT2D eigenvalue weighted by molar-refractivity contribution is -0.158. The van der Waals surface area contributed by atoms with Crippen LogP contribution in [0.3, 0.4) is 0 Å². The summed E-state index contributed by atoms with van der Waals surface area (Å²) in [7, 11) is 0. The molecule has 7 nitrogen and oxygen atoms in total. The van der Waals surface area contributed by atoms with Crippen LogP contribution in [0.25, 0.3) is 0 Å². The van der Waals surface area contributed by atoms with Crippen molar-refractivity contribution in [3.63, 3.8) is 0 Å². The number of carbonyl (C=O) groups is 2. The fourth-order valence-electron chi connectivity index (χ4n) is 1.29. The van der Waals surface area contributed by atoms with Crippen LogP contribution in [0, 0.1) is 0 Å². The molecule has 0 aliphatic rings. The Kier molecular flexibility index (Phi) is 5.42. The molecule has 7 heteroatoms. The summed E-state index contributed by atoms with van der Waals surface area (Å²) in [5, 5.41) is 5.29. The minimum absolute atomic E-state index is 0.0167. The third kappa shape index (κ3) is 6.12. The van der Waals surface area contributed by atoms with Gasteiger partial charge in [-0.1, -0.05) is 0 Å². The first-order chi connectivity index (χ1) is 9.28. The van der Waals surface area contributed by atoms with Gasteiger partial charge in [-0.2, -0.15) is 0 Å². The van der Waals surface area contributed by atoms with E-state index in [2.05, 4.69) is 20.6 Å². The quantitative estimate of drug-likeness (QED) is 0.773. The minimum atomic E-state index is -0.708. The average molecular weight is 280 g/mol. The maximum atomic E-state index is 11.7. The zero-order valence-corrected chi connectivity index (χ0v) is 12.1. The summed E-state index contributed by atoms with van der Waals surface area (Å²) >= 11 is 0. The Morgan fingerprint density at radius 1 is 1.30 bits per heavy atom. The predicted octanol–water partition coefficient (Wildman–Crippen LogP) is 0.735. The molecule has 1 heterocycles. The second-order valence-corrected chi connectivity index (χ2v) is 5.25. The fourth-order valence-corrected chi connectivity index (χ4v) is 1.29. The Balaban J connectivity index is 2.36. The van der Waals surface area contributed by atoms with E-state index in [1.165, 1.54) is 0 Å². The number of hydrogen-bond acceptors (Lipinski definition) is 6. The van der Waals surface area contributed by atoms with Gasteiger partial charge in [0.15, 0.2) is 0 Å². The molecule has 0 unspecified atom stereocenters. The van der Waals surface area contributed by atoms with Crippen LogP contribution in [0.15, 0.2) is 18.5 Å². The molecule has 1 rings (SSSR count). The molecular weight excluding hydrogens is 260 g/mol. The number of ether oxygens (including phenoxy) is 1. The molecule has 0 spiro atoms. The number of nitrogens with zero attached hydrogens (tertiary/aromatic N) is 2. The summed E-state index contributed by atoms with van der Waals surface area (Å²) in [6.07, 6.45) is 3.13. The molecule has 0 aliphatic carbocycles. The summed E-state index contributed by atoms with van der Waals surface area (Å²) in [6, 6.07) is 0.968. The smallest absolute Gasteiger partial charge is 0.328 e. The van der Waals surface area contributed by atoms with Crippen LogP contribution in [0.1, 0.15) is 27.7 Å². The van der Waals surface area contributed by atoms with Crippen molar-refractivity contribution in [2.75, 3.05) is 11.9 Å². The van der Waals surface area contributed by atoms with Gasteiger partial charge in [0.1, 0.15) is 11.6 Å². The molecular formula is C13H20N4O3. The van der Waals surface area contributed by atoms with Crippen LogP contribution in [0.2, 0.25) is 0 Å². The van der Waals surface area contributed by atoms with Gasteiger partial charge < -0.3 is 15.4 Å². The Morgan fingerprint density at radius 2 is 1.90 bits per heavy atom. The molecule has 1 atom stereocenters. The van der Waals surface area contributed by atoms with Crippen molar-refractivity contribution in [3.8, 4) is 0 Å². The molecule has 0 bridgehead atoms. The summed E-state index contributed by atoms with van der Waals surface area (Å²) in [4.78, 5) is 31.2. The van der Waals surface area contributed by atoms with Crippen LogP contribution >= 0.6 is 0 Å². The first kappa shape index (κ1) is 15.9. The van der Waals surface area contributed by atoms with Crippen molar-refractivity contribution in [1.82, 2.24) is 15.3 Å². The van der Waals surface area contributed by atoms with E-state index in [0.29, 0.717) is 5.95 Å². The molecule has 0 saturated carbocycles. The van der Waals surface area contributed by atoms with Gasteiger partial charge in [-0.3, -0.25) is 4.79 Å². The maximum absolute atomic E-state index is 11.7. The van der Waals surface area contributed by atoms with E-state index in [4.69, 9.17) is 4.74 Å². The average Bonchev–Trinajstić information content (AvgIpc) is 2.35. The zero-order chi connectivity index (χ0) is 15.2. The van der Waals surface area contributed by atoms with Crippen molar-refractivity contribution in [2.24, 2.45) is 0 Å². The number of hydrogen-bond donors (Lipinski definition) is 2. The third-order valence-corrected chi connectivity index (χ3v) is 2.11. The standard InChI is InChI=1S/C13H20N4O3/c1-9(11(19)20-13(2,3)4)17-10(18)8-16-12-14-6-5-7-15-12/h5-7,9H,8H2,1-4H3,(H,17,18)(H,14,15,16)/t9-/m0/s1. The summed E-state index contributed by atoms with van der Waals surface area (Å²) in [5.74, 6) is -0.454. The molecule has 2 N–H and O–H groups in total. The lowest BCUT2D eigenvalue weighted by Gasteiger charge is -2.22. The highest BCUT2D eigenvalue weighted by atomic mass is 16.6. The SMILES string of the molecule is C[C@H](NC(=O)CNc1ncccn1)C(=O)OC(C)(C)C. The van der Waals surface area contributed by atoms with Crippen LogP contribution < -0.4 is 10.6 Å². The molecule has 0 saturated heterocycles. The Hall–Kier alpha value is -2.18. The van der Waals surface area contributed by atoms with Gasteiger partial charge in [0.05, 0.1) is 6.54 Å². The Bertz CT molecular complexity index is 456. The van der Waals surface area contributed by atoms with Crippen molar-refractivity contribution in [1.29, 1.82) is 0 Å². The van der Waals surface area contributed by atoms with E-state index in [1.807, 2.05) is 0 Å².